The summed E-state index contributed by atoms with van der Waals surface area (Å²) >= 11 is 0. The topological polar surface area (TPSA) is 21.3 Å². The van der Waals surface area contributed by atoms with Gasteiger partial charge in [0.2, 0.25) is 0 Å². The van der Waals surface area contributed by atoms with Gasteiger partial charge in [0, 0.05) is 20.3 Å². The summed E-state index contributed by atoms with van der Waals surface area (Å²) in [5.74, 6) is 0. The Labute approximate surface area is 75.7 Å². The molecule has 0 bridgehead atoms. The van der Waals surface area contributed by atoms with Gasteiger partial charge in [-0.1, -0.05) is 6.92 Å². The number of hydrogen-bond donors (Lipinski definition) is 1. The first kappa shape index (κ1) is 10.0. The quantitative estimate of drug-likeness (QED) is 0.590. The van der Waals surface area contributed by atoms with Crippen LogP contribution < -0.4 is 5.32 Å². The van der Waals surface area contributed by atoms with Crippen molar-refractivity contribution in [2.45, 2.75) is 32.6 Å². The molecular formula is C10H21NO. The maximum absolute atomic E-state index is 5.05. The minimum Gasteiger partial charge on any atom is -0.385 e. The average Bonchev–Trinajstić information content (AvgIpc) is 2.83. The van der Waals surface area contributed by atoms with E-state index in [1.165, 1.54) is 32.2 Å². The van der Waals surface area contributed by atoms with Gasteiger partial charge in [-0.15, -0.1) is 0 Å². The second kappa shape index (κ2) is 4.83. The second-order valence-corrected chi connectivity index (χ2v) is 3.88. The van der Waals surface area contributed by atoms with Crippen LogP contribution in [0.3, 0.4) is 0 Å². The molecule has 0 amide bonds. The molecule has 0 aromatic rings. The van der Waals surface area contributed by atoms with Crippen molar-refractivity contribution >= 4 is 0 Å². The highest BCUT2D eigenvalue weighted by Gasteiger charge is 2.40. The van der Waals surface area contributed by atoms with Crippen molar-refractivity contribution in [1.29, 1.82) is 0 Å². The van der Waals surface area contributed by atoms with E-state index in [1.54, 1.807) is 7.11 Å². The molecule has 72 valence electrons. The normalized spacial score (nSPS) is 19.5. The smallest absolute Gasteiger partial charge is 0.0462 e. The van der Waals surface area contributed by atoms with Crippen molar-refractivity contribution in [1.82, 2.24) is 5.32 Å². The Morgan fingerprint density at radius 1 is 1.42 bits per heavy atom. The van der Waals surface area contributed by atoms with E-state index in [-0.39, 0.29) is 0 Å². The molecule has 1 rings (SSSR count). The molecular weight excluding hydrogens is 150 g/mol. The monoisotopic (exact) mass is 171 g/mol. The van der Waals surface area contributed by atoms with Gasteiger partial charge >= 0.3 is 0 Å². The second-order valence-electron chi connectivity index (χ2n) is 3.88. The van der Waals surface area contributed by atoms with Gasteiger partial charge in [-0.3, -0.25) is 0 Å². The van der Waals surface area contributed by atoms with Gasteiger partial charge in [-0.2, -0.15) is 0 Å². The molecule has 1 aliphatic rings. The Balaban J connectivity index is 2.04. The standard InChI is InChI=1S/C10H21NO/c1-3-11-9-10(6-7-10)5-4-8-12-2/h11H,3-9H2,1-2H3. The third-order valence-corrected chi connectivity index (χ3v) is 2.76. The zero-order valence-electron chi connectivity index (χ0n) is 8.36. The van der Waals surface area contributed by atoms with E-state index in [4.69, 9.17) is 4.74 Å². The summed E-state index contributed by atoms with van der Waals surface area (Å²) in [4.78, 5) is 0. The van der Waals surface area contributed by atoms with Crippen molar-refractivity contribution < 1.29 is 4.74 Å². The summed E-state index contributed by atoms with van der Waals surface area (Å²) in [7, 11) is 1.78. The van der Waals surface area contributed by atoms with Crippen molar-refractivity contribution in [2.75, 3.05) is 26.8 Å². The first-order valence-corrected chi connectivity index (χ1v) is 5.03. The van der Waals surface area contributed by atoms with E-state index >= 15 is 0 Å². The maximum atomic E-state index is 5.05. The zero-order chi connectivity index (χ0) is 8.86. The molecule has 2 nitrogen and oxygen atoms in total. The van der Waals surface area contributed by atoms with E-state index in [0.717, 1.165) is 13.2 Å². The minimum atomic E-state index is 0.661. The third kappa shape index (κ3) is 3.11. The van der Waals surface area contributed by atoms with Gasteiger partial charge in [0.1, 0.15) is 0 Å². The Kier molecular flexibility index (Phi) is 4.02. The lowest BCUT2D eigenvalue weighted by molar-refractivity contribution is 0.184. The van der Waals surface area contributed by atoms with Crippen LogP contribution in [0.25, 0.3) is 0 Å². The summed E-state index contributed by atoms with van der Waals surface area (Å²) in [5, 5.41) is 3.44. The van der Waals surface area contributed by atoms with Gasteiger partial charge in [0.05, 0.1) is 0 Å². The number of rotatable bonds is 7. The van der Waals surface area contributed by atoms with Crippen LogP contribution in [0, 0.1) is 5.41 Å². The molecule has 12 heavy (non-hydrogen) atoms. The van der Waals surface area contributed by atoms with Gasteiger partial charge in [-0.25, -0.2) is 0 Å². The highest BCUT2D eigenvalue weighted by molar-refractivity contribution is 4.94. The SMILES string of the molecule is CCNCC1(CCCOC)CC1. The van der Waals surface area contributed by atoms with Crippen LogP contribution in [0.4, 0.5) is 0 Å². The molecule has 0 aromatic carbocycles. The van der Waals surface area contributed by atoms with Crippen molar-refractivity contribution in [3.63, 3.8) is 0 Å². The van der Waals surface area contributed by atoms with E-state index in [2.05, 4.69) is 12.2 Å². The van der Waals surface area contributed by atoms with Gasteiger partial charge < -0.3 is 10.1 Å². The summed E-state index contributed by atoms with van der Waals surface area (Å²) < 4.78 is 5.05. The van der Waals surface area contributed by atoms with Crippen LogP contribution in [0.15, 0.2) is 0 Å². The Morgan fingerprint density at radius 2 is 2.17 bits per heavy atom. The molecule has 1 N–H and O–H groups in total. The van der Waals surface area contributed by atoms with Gasteiger partial charge in [0.15, 0.2) is 0 Å². The fourth-order valence-corrected chi connectivity index (χ4v) is 1.67. The molecule has 0 aliphatic heterocycles. The molecule has 0 spiro atoms. The van der Waals surface area contributed by atoms with Crippen molar-refractivity contribution in [3.8, 4) is 0 Å². The fraction of sp³-hybridized carbons (Fsp3) is 1.00. The molecule has 1 fully saturated rings. The summed E-state index contributed by atoms with van der Waals surface area (Å²) in [6.45, 7) is 5.42. The molecule has 1 aliphatic carbocycles. The first-order valence-electron chi connectivity index (χ1n) is 5.03. The van der Waals surface area contributed by atoms with Crippen LogP contribution in [-0.4, -0.2) is 26.8 Å². The fourth-order valence-electron chi connectivity index (χ4n) is 1.67. The minimum absolute atomic E-state index is 0.661. The lowest BCUT2D eigenvalue weighted by Gasteiger charge is -2.14. The van der Waals surface area contributed by atoms with E-state index in [0.29, 0.717) is 5.41 Å². The van der Waals surface area contributed by atoms with Crippen LogP contribution in [-0.2, 0) is 4.74 Å². The molecule has 0 saturated heterocycles. The highest BCUT2D eigenvalue weighted by atomic mass is 16.5. The van der Waals surface area contributed by atoms with E-state index < -0.39 is 0 Å². The van der Waals surface area contributed by atoms with Gasteiger partial charge in [0.25, 0.3) is 0 Å². The predicted octanol–water partition coefficient (Wildman–Crippen LogP) is 1.80. The van der Waals surface area contributed by atoms with Crippen LogP contribution in [0.2, 0.25) is 0 Å². The maximum Gasteiger partial charge on any atom is 0.0462 e. The van der Waals surface area contributed by atoms with Crippen molar-refractivity contribution in [2.24, 2.45) is 5.41 Å². The summed E-state index contributed by atoms with van der Waals surface area (Å²) in [5.41, 5.74) is 0.661. The number of methoxy groups -OCH3 is 1. The third-order valence-electron chi connectivity index (χ3n) is 2.76. The molecule has 2 heteroatoms. The highest BCUT2D eigenvalue weighted by Crippen LogP contribution is 2.48. The number of hydrogen-bond acceptors (Lipinski definition) is 2. The van der Waals surface area contributed by atoms with E-state index in [1.807, 2.05) is 0 Å². The van der Waals surface area contributed by atoms with Crippen LogP contribution >= 0.6 is 0 Å². The predicted molar refractivity (Wildman–Crippen MR) is 51.3 cm³/mol. The number of nitrogens with one attached hydrogen (secondary N) is 1. The Bertz CT molecular complexity index is 121. The Hall–Kier alpha value is -0.0800. The first-order chi connectivity index (χ1) is 5.83. The number of ether oxygens (including phenoxy) is 1. The Morgan fingerprint density at radius 3 is 2.67 bits per heavy atom. The molecule has 0 unspecified atom stereocenters. The summed E-state index contributed by atoms with van der Waals surface area (Å²) in [6, 6.07) is 0. The zero-order valence-corrected chi connectivity index (χ0v) is 8.36. The summed E-state index contributed by atoms with van der Waals surface area (Å²) in [6.07, 6.45) is 5.41. The van der Waals surface area contributed by atoms with Crippen molar-refractivity contribution in [3.05, 3.63) is 0 Å². The lowest BCUT2D eigenvalue weighted by atomic mass is 10.0. The molecule has 1 saturated carbocycles. The lowest BCUT2D eigenvalue weighted by Crippen LogP contribution is -2.23. The van der Waals surface area contributed by atoms with Gasteiger partial charge in [-0.05, 0) is 37.6 Å². The average molecular weight is 171 g/mol. The molecule has 0 atom stereocenters. The largest absolute Gasteiger partial charge is 0.385 e. The van der Waals surface area contributed by atoms with Crippen LogP contribution in [0.1, 0.15) is 32.6 Å². The molecule has 0 aromatic heterocycles. The van der Waals surface area contributed by atoms with E-state index in [9.17, 15) is 0 Å². The van der Waals surface area contributed by atoms with Crippen LogP contribution in [0.5, 0.6) is 0 Å². The molecule has 0 heterocycles. The molecule has 0 radical (unpaired) electrons.